The second kappa shape index (κ2) is 7.66. The lowest BCUT2D eigenvalue weighted by molar-refractivity contribution is -0.385. The average Bonchev–Trinajstić information content (AvgIpc) is 2.56. The van der Waals surface area contributed by atoms with Crippen molar-refractivity contribution >= 4 is 5.69 Å². The van der Waals surface area contributed by atoms with Gasteiger partial charge in [-0.1, -0.05) is 12.1 Å². The van der Waals surface area contributed by atoms with Gasteiger partial charge in [-0.3, -0.25) is 10.1 Å². The summed E-state index contributed by atoms with van der Waals surface area (Å²) in [6.45, 7) is 0.508. The Labute approximate surface area is 132 Å². The molecule has 2 rings (SSSR count). The van der Waals surface area contributed by atoms with Gasteiger partial charge >= 0.3 is 5.69 Å². The molecule has 0 amide bonds. The minimum atomic E-state index is -0.490. The molecule has 0 aliphatic carbocycles. The zero-order valence-corrected chi connectivity index (χ0v) is 12.6. The summed E-state index contributed by atoms with van der Waals surface area (Å²) in [5, 5.41) is 23.1. The van der Waals surface area contributed by atoms with Gasteiger partial charge < -0.3 is 15.2 Å². The Morgan fingerprint density at radius 3 is 2.48 bits per heavy atom. The maximum Gasteiger partial charge on any atom is 0.311 e. The van der Waals surface area contributed by atoms with E-state index in [9.17, 15) is 14.5 Å². The third-order valence-electron chi connectivity index (χ3n) is 3.38. The number of nitrogens with one attached hydrogen (secondary N) is 1. The Morgan fingerprint density at radius 2 is 1.87 bits per heavy atom. The predicted molar refractivity (Wildman–Crippen MR) is 82.5 cm³/mol. The van der Waals surface area contributed by atoms with Crippen LogP contribution in [0, 0.1) is 15.9 Å². The van der Waals surface area contributed by atoms with Crippen molar-refractivity contribution in [2.24, 2.45) is 0 Å². The third-order valence-corrected chi connectivity index (χ3v) is 3.38. The van der Waals surface area contributed by atoms with E-state index >= 15 is 0 Å². The first-order valence-electron chi connectivity index (χ1n) is 6.95. The highest BCUT2D eigenvalue weighted by atomic mass is 19.1. The summed E-state index contributed by atoms with van der Waals surface area (Å²) in [4.78, 5) is 10.5. The molecule has 0 heterocycles. The number of nitrogens with zero attached hydrogens (tertiary/aromatic N) is 1. The molecule has 0 saturated heterocycles. The Bertz CT molecular complexity index is 706. The molecular weight excluding hydrogens is 303 g/mol. The number of aliphatic hydroxyl groups excluding tert-OH is 1. The van der Waals surface area contributed by atoms with Crippen LogP contribution in [0.4, 0.5) is 10.1 Å². The molecule has 0 fully saturated rings. The SMILES string of the molecule is COc1ccc(CNCc2ccc(F)c(CO)c2)cc1[N+](=O)[O-]. The largest absolute Gasteiger partial charge is 0.490 e. The van der Waals surface area contributed by atoms with Crippen LogP contribution in [0.25, 0.3) is 0 Å². The molecule has 122 valence electrons. The van der Waals surface area contributed by atoms with Crippen LogP contribution in [0.15, 0.2) is 36.4 Å². The van der Waals surface area contributed by atoms with Gasteiger partial charge in [0.05, 0.1) is 18.6 Å². The minimum absolute atomic E-state index is 0.0869. The highest BCUT2D eigenvalue weighted by molar-refractivity contribution is 5.48. The van der Waals surface area contributed by atoms with E-state index in [0.717, 1.165) is 11.1 Å². The van der Waals surface area contributed by atoms with E-state index in [1.54, 1.807) is 24.3 Å². The first kappa shape index (κ1) is 16.9. The quantitative estimate of drug-likeness (QED) is 0.605. The molecule has 0 aliphatic rings. The standard InChI is InChI=1S/C16H17FN2O4/c1-23-16-5-3-12(7-15(16)19(21)22)9-18-8-11-2-4-14(17)13(6-11)10-20/h2-7,18,20H,8-10H2,1H3. The van der Waals surface area contributed by atoms with Crippen LogP contribution in [0.3, 0.4) is 0 Å². The van der Waals surface area contributed by atoms with Gasteiger partial charge in [0, 0.05) is 24.7 Å². The number of hydrogen-bond acceptors (Lipinski definition) is 5. The number of rotatable bonds is 7. The van der Waals surface area contributed by atoms with Crippen LogP contribution in [-0.4, -0.2) is 17.1 Å². The number of halogens is 1. The second-order valence-electron chi connectivity index (χ2n) is 4.95. The molecule has 2 N–H and O–H groups in total. The first-order valence-corrected chi connectivity index (χ1v) is 6.95. The van der Waals surface area contributed by atoms with E-state index in [2.05, 4.69) is 5.32 Å². The summed E-state index contributed by atoms with van der Waals surface area (Å²) >= 11 is 0. The van der Waals surface area contributed by atoms with Crippen molar-refractivity contribution in [3.63, 3.8) is 0 Å². The van der Waals surface area contributed by atoms with Crippen molar-refractivity contribution in [2.75, 3.05) is 7.11 Å². The fourth-order valence-corrected chi connectivity index (χ4v) is 2.20. The molecule has 0 spiro atoms. The van der Waals surface area contributed by atoms with Gasteiger partial charge in [0.25, 0.3) is 0 Å². The molecule has 0 aromatic heterocycles. The van der Waals surface area contributed by atoms with Gasteiger partial charge in [0.1, 0.15) is 5.82 Å². The zero-order chi connectivity index (χ0) is 16.8. The lowest BCUT2D eigenvalue weighted by atomic mass is 10.1. The normalized spacial score (nSPS) is 10.6. The highest BCUT2D eigenvalue weighted by Crippen LogP contribution is 2.27. The molecule has 0 bridgehead atoms. The van der Waals surface area contributed by atoms with Crippen molar-refractivity contribution in [3.8, 4) is 5.75 Å². The lowest BCUT2D eigenvalue weighted by Gasteiger charge is -2.08. The number of nitro benzene ring substituents is 1. The van der Waals surface area contributed by atoms with Crippen molar-refractivity contribution in [1.29, 1.82) is 0 Å². The van der Waals surface area contributed by atoms with E-state index in [1.165, 1.54) is 19.2 Å². The number of aliphatic hydroxyl groups is 1. The summed E-state index contributed by atoms with van der Waals surface area (Å²) in [6.07, 6.45) is 0. The summed E-state index contributed by atoms with van der Waals surface area (Å²) in [7, 11) is 1.38. The van der Waals surface area contributed by atoms with Gasteiger partial charge in [0.15, 0.2) is 5.75 Å². The van der Waals surface area contributed by atoms with Gasteiger partial charge in [-0.05, 0) is 29.3 Å². The Kier molecular flexibility index (Phi) is 5.61. The van der Waals surface area contributed by atoms with E-state index < -0.39 is 10.7 Å². The second-order valence-corrected chi connectivity index (χ2v) is 4.95. The number of methoxy groups -OCH3 is 1. The van der Waals surface area contributed by atoms with Gasteiger partial charge in [-0.25, -0.2) is 4.39 Å². The molecule has 0 radical (unpaired) electrons. The summed E-state index contributed by atoms with van der Waals surface area (Å²) in [5.74, 6) is -0.230. The monoisotopic (exact) mass is 320 g/mol. The van der Waals surface area contributed by atoms with Crippen LogP contribution < -0.4 is 10.1 Å². The molecule has 2 aromatic rings. The number of hydrogen-bond donors (Lipinski definition) is 2. The minimum Gasteiger partial charge on any atom is -0.490 e. The number of nitro groups is 1. The molecule has 23 heavy (non-hydrogen) atoms. The predicted octanol–water partition coefficient (Wildman–Crippen LogP) is 2.52. The van der Waals surface area contributed by atoms with E-state index in [0.29, 0.717) is 13.1 Å². The first-order chi connectivity index (χ1) is 11.0. The molecule has 0 aliphatic heterocycles. The Morgan fingerprint density at radius 1 is 1.22 bits per heavy atom. The van der Waals surface area contributed by atoms with E-state index in [-0.39, 0.29) is 23.6 Å². The number of benzene rings is 2. The maximum absolute atomic E-state index is 13.3. The fourth-order valence-electron chi connectivity index (χ4n) is 2.20. The topological polar surface area (TPSA) is 84.6 Å². The van der Waals surface area contributed by atoms with Gasteiger partial charge in [0.2, 0.25) is 0 Å². The molecule has 0 saturated carbocycles. The van der Waals surface area contributed by atoms with Crippen molar-refractivity contribution in [2.45, 2.75) is 19.7 Å². The average molecular weight is 320 g/mol. The molecule has 2 aromatic carbocycles. The van der Waals surface area contributed by atoms with Crippen LogP contribution in [0.5, 0.6) is 5.75 Å². The highest BCUT2D eigenvalue weighted by Gasteiger charge is 2.14. The van der Waals surface area contributed by atoms with Crippen molar-refractivity contribution < 1.29 is 19.2 Å². The zero-order valence-electron chi connectivity index (χ0n) is 12.6. The van der Waals surface area contributed by atoms with Crippen LogP contribution in [0.1, 0.15) is 16.7 Å². The Balaban J connectivity index is 2.01. The third kappa shape index (κ3) is 4.24. The Hall–Kier alpha value is -2.51. The van der Waals surface area contributed by atoms with Gasteiger partial charge in [-0.2, -0.15) is 0 Å². The summed E-state index contributed by atoms with van der Waals surface area (Å²) in [5.41, 5.74) is 1.71. The molecular formula is C16H17FN2O4. The molecule has 6 nitrogen and oxygen atoms in total. The molecule has 0 atom stereocenters. The molecule has 0 unspecified atom stereocenters. The fraction of sp³-hybridized carbons (Fsp3) is 0.250. The van der Waals surface area contributed by atoms with Crippen LogP contribution in [0.2, 0.25) is 0 Å². The molecule has 7 heteroatoms. The van der Waals surface area contributed by atoms with Crippen LogP contribution in [-0.2, 0) is 19.7 Å². The summed E-state index contributed by atoms with van der Waals surface area (Å²) < 4.78 is 18.2. The van der Waals surface area contributed by atoms with Crippen LogP contribution >= 0.6 is 0 Å². The van der Waals surface area contributed by atoms with E-state index in [1.807, 2.05) is 0 Å². The number of ether oxygens (including phenoxy) is 1. The van der Waals surface area contributed by atoms with Gasteiger partial charge in [-0.15, -0.1) is 0 Å². The van der Waals surface area contributed by atoms with Crippen molar-refractivity contribution in [1.82, 2.24) is 5.32 Å². The van der Waals surface area contributed by atoms with Crippen molar-refractivity contribution in [3.05, 3.63) is 69.0 Å². The maximum atomic E-state index is 13.3. The summed E-state index contributed by atoms with van der Waals surface area (Å²) in [6, 6.07) is 9.26. The lowest BCUT2D eigenvalue weighted by Crippen LogP contribution is -2.13. The van der Waals surface area contributed by atoms with E-state index in [4.69, 9.17) is 9.84 Å². The smallest absolute Gasteiger partial charge is 0.311 e.